The number of aryl methyl sites for hydroxylation is 4. The summed E-state index contributed by atoms with van der Waals surface area (Å²) in [6.07, 6.45) is 28.1. The molecule has 2 aromatic rings. The van der Waals surface area contributed by atoms with E-state index in [-0.39, 0.29) is 37.7 Å². The molecule has 4 rings (SSSR count). The molecule has 12 nitrogen and oxygen atoms in total. The molecule has 0 saturated carbocycles. The Hall–Kier alpha value is -3.25. The number of unbranched alkanes of at least 4 members (excludes halogenated alkanes) is 9. The van der Waals surface area contributed by atoms with Crippen molar-refractivity contribution in [2.75, 3.05) is 52.9 Å². The Morgan fingerprint density at radius 3 is 1.35 bits per heavy atom. The fourth-order valence-corrected chi connectivity index (χ4v) is 7.09. The van der Waals surface area contributed by atoms with Crippen LogP contribution in [0, 0.1) is 0 Å². The molecule has 0 radical (unpaired) electrons. The maximum absolute atomic E-state index is 13.6. The second-order valence-corrected chi connectivity index (χ2v) is 14.8. The summed E-state index contributed by atoms with van der Waals surface area (Å²) in [6, 6.07) is 0. The van der Waals surface area contributed by atoms with E-state index in [1.807, 2.05) is 12.4 Å². The normalized spacial score (nSPS) is 15.7. The summed E-state index contributed by atoms with van der Waals surface area (Å²) in [6.45, 7) is 15.2. The zero-order chi connectivity index (χ0) is 36.3. The van der Waals surface area contributed by atoms with Crippen LogP contribution in [-0.2, 0) is 40.6 Å². The Kier molecular flexibility index (Phi) is 18.0. The summed E-state index contributed by atoms with van der Waals surface area (Å²) in [7, 11) is 0. The van der Waals surface area contributed by atoms with E-state index in [4.69, 9.17) is 0 Å². The molecule has 2 saturated heterocycles. The van der Waals surface area contributed by atoms with Crippen LogP contribution in [0.25, 0.3) is 0 Å². The minimum Gasteiger partial charge on any atom is -0.307 e. The molecule has 2 aliphatic rings. The van der Waals surface area contributed by atoms with Crippen molar-refractivity contribution >= 4 is 17.7 Å². The first-order chi connectivity index (χ1) is 24.9. The zero-order valence-corrected chi connectivity index (χ0v) is 32.3. The predicted molar refractivity (Wildman–Crippen MR) is 199 cm³/mol. The molecule has 4 heterocycles. The molecule has 0 aliphatic carbocycles. The first-order valence-electron chi connectivity index (χ1n) is 20.3. The lowest BCUT2D eigenvalue weighted by atomic mass is 10.2. The van der Waals surface area contributed by atoms with Gasteiger partial charge in [-0.15, -0.1) is 0 Å². The van der Waals surface area contributed by atoms with E-state index in [0.29, 0.717) is 38.9 Å². The Morgan fingerprint density at radius 2 is 0.902 bits per heavy atom. The number of hydrogen-bond acceptors (Lipinski definition) is 5. The van der Waals surface area contributed by atoms with E-state index in [0.717, 1.165) is 52.2 Å². The minimum absolute atomic E-state index is 0.00394. The van der Waals surface area contributed by atoms with Crippen LogP contribution in [-0.4, -0.2) is 104 Å². The number of rotatable bonds is 24. The van der Waals surface area contributed by atoms with Gasteiger partial charge in [0, 0.05) is 26.1 Å². The second kappa shape index (κ2) is 22.6. The molecule has 286 valence electrons. The van der Waals surface area contributed by atoms with Crippen molar-refractivity contribution in [1.29, 1.82) is 0 Å². The average Bonchev–Trinajstić information content (AvgIpc) is 3.92. The van der Waals surface area contributed by atoms with Crippen LogP contribution in [0.15, 0.2) is 37.4 Å². The Morgan fingerprint density at radius 1 is 0.490 bits per heavy atom. The summed E-state index contributed by atoms with van der Waals surface area (Å²) in [5.74, 6) is -0.0849. The monoisotopic (exact) mass is 712 g/mol. The van der Waals surface area contributed by atoms with Gasteiger partial charge >= 0.3 is 0 Å². The maximum Gasteiger partial charge on any atom is 0.243 e. The minimum atomic E-state index is -0.0405. The van der Waals surface area contributed by atoms with Gasteiger partial charge < -0.3 is 14.7 Å². The van der Waals surface area contributed by atoms with E-state index >= 15 is 0 Å². The van der Waals surface area contributed by atoms with Gasteiger partial charge in [0.25, 0.3) is 0 Å². The van der Waals surface area contributed by atoms with Crippen molar-refractivity contribution in [3.8, 4) is 0 Å². The van der Waals surface area contributed by atoms with Crippen LogP contribution < -0.4 is 9.13 Å². The van der Waals surface area contributed by atoms with Gasteiger partial charge in [0.1, 0.15) is 24.8 Å². The highest BCUT2D eigenvalue weighted by Crippen LogP contribution is 2.15. The van der Waals surface area contributed by atoms with E-state index < -0.39 is 0 Å². The summed E-state index contributed by atoms with van der Waals surface area (Å²) >= 11 is 0. The van der Waals surface area contributed by atoms with Gasteiger partial charge in [-0.3, -0.25) is 24.2 Å². The van der Waals surface area contributed by atoms with Gasteiger partial charge in [0.2, 0.25) is 30.4 Å². The second-order valence-electron chi connectivity index (χ2n) is 14.8. The smallest absolute Gasteiger partial charge is 0.243 e. The molecule has 51 heavy (non-hydrogen) atoms. The Bertz CT molecular complexity index is 1240. The van der Waals surface area contributed by atoms with Crippen LogP contribution in [0.3, 0.4) is 0 Å². The summed E-state index contributed by atoms with van der Waals surface area (Å²) in [4.78, 5) is 50.8. The number of nitrogens with zero attached hydrogens (tertiary/aromatic N) is 9. The first-order valence-corrected chi connectivity index (χ1v) is 20.3. The van der Waals surface area contributed by atoms with E-state index in [9.17, 15) is 14.4 Å². The third-order valence-corrected chi connectivity index (χ3v) is 10.4. The van der Waals surface area contributed by atoms with Crippen LogP contribution in [0.1, 0.15) is 117 Å². The summed E-state index contributed by atoms with van der Waals surface area (Å²) < 4.78 is 8.49. The third kappa shape index (κ3) is 14.4. The predicted octanol–water partition coefficient (Wildman–Crippen LogP) is 4.42. The van der Waals surface area contributed by atoms with E-state index in [2.05, 4.69) is 73.9 Å². The topological polar surface area (TPSA) is 85.0 Å². The highest BCUT2D eigenvalue weighted by molar-refractivity contribution is 5.82. The molecule has 2 aliphatic heterocycles. The fraction of sp³-hybridized carbons (Fsp3) is 0.769. The van der Waals surface area contributed by atoms with E-state index in [1.165, 1.54) is 64.2 Å². The number of imidazole rings is 2. The van der Waals surface area contributed by atoms with Gasteiger partial charge in [0.15, 0.2) is 0 Å². The molecule has 2 aromatic heterocycles. The van der Waals surface area contributed by atoms with Crippen molar-refractivity contribution in [1.82, 2.24) is 33.6 Å². The molecule has 0 bridgehead atoms. The molecule has 0 atom stereocenters. The van der Waals surface area contributed by atoms with Crippen LogP contribution in [0.2, 0.25) is 0 Å². The van der Waals surface area contributed by atoms with Crippen molar-refractivity contribution in [3.63, 3.8) is 0 Å². The first kappa shape index (κ1) is 40.5. The molecule has 0 unspecified atom stereocenters. The van der Waals surface area contributed by atoms with Gasteiger partial charge in [-0.2, -0.15) is 0 Å². The average molecular weight is 712 g/mol. The van der Waals surface area contributed by atoms with Gasteiger partial charge in [-0.25, -0.2) is 18.3 Å². The fourth-order valence-electron chi connectivity index (χ4n) is 7.09. The number of hydrogen-bond donors (Lipinski definition) is 0. The van der Waals surface area contributed by atoms with Crippen molar-refractivity contribution < 1.29 is 23.5 Å². The number of carbonyl (C=O) groups is 3. The molecule has 3 amide bonds. The van der Waals surface area contributed by atoms with Crippen LogP contribution in [0.5, 0.6) is 0 Å². The van der Waals surface area contributed by atoms with Crippen LogP contribution in [0.4, 0.5) is 0 Å². The zero-order valence-electron chi connectivity index (χ0n) is 32.3. The Labute approximate surface area is 308 Å². The molecular weight excluding hydrogens is 642 g/mol. The van der Waals surface area contributed by atoms with E-state index in [1.54, 1.807) is 14.7 Å². The standard InChI is InChI=1S/C39H69N9O3/c1-4-7-10-13-19-40-25-28-43(31-40)22-16-37(49)46-34-47(38(50)17-23-44-29-26-41(32-44)20-14-11-8-5-2)36-48(35-46)39(51)18-24-45-30-27-42(33-45)21-15-12-9-6-3/h25-26,28-29,31-32H,4-24,27,30,33-36H2,1-3H3/q+2. The van der Waals surface area contributed by atoms with Gasteiger partial charge in [-0.05, 0) is 38.6 Å². The molecule has 12 heteroatoms. The molecule has 2 fully saturated rings. The number of carbonyl (C=O) groups excluding carboxylic acids is 3. The molecule has 0 N–H and O–H groups in total. The highest BCUT2D eigenvalue weighted by Gasteiger charge is 2.32. The SMILES string of the molecule is CCCCCCN1CCN(CCC(=O)N2CN(C(=O)CCn3cc[n+](CCCCCC)c3)CN(C(=O)CCn3cc[n+](CCCCCC)c3)C2)C1. The van der Waals surface area contributed by atoms with Crippen molar-refractivity contribution in [2.24, 2.45) is 0 Å². The number of aromatic nitrogens is 4. The third-order valence-electron chi connectivity index (χ3n) is 10.4. The molecule has 0 spiro atoms. The quantitative estimate of drug-likeness (QED) is 0.119. The lowest BCUT2D eigenvalue weighted by Gasteiger charge is -2.42. The molecule has 0 aromatic carbocycles. The lowest BCUT2D eigenvalue weighted by Crippen LogP contribution is -2.59. The summed E-state index contributed by atoms with van der Waals surface area (Å²) in [5.41, 5.74) is 0. The lowest BCUT2D eigenvalue weighted by molar-refractivity contribution is -0.697. The van der Waals surface area contributed by atoms with Crippen molar-refractivity contribution in [2.45, 2.75) is 143 Å². The molecular formula is C39H69N9O3+2. The van der Waals surface area contributed by atoms with Gasteiger partial charge in [-0.1, -0.05) is 65.7 Å². The van der Waals surface area contributed by atoms with Crippen molar-refractivity contribution in [3.05, 3.63) is 37.4 Å². The largest absolute Gasteiger partial charge is 0.307 e. The highest BCUT2D eigenvalue weighted by atomic mass is 16.2. The maximum atomic E-state index is 13.6. The Balaban J connectivity index is 1.30. The summed E-state index contributed by atoms with van der Waals surface area (Å²) in [5, 5.41) is 0. The van der Waals surface area contributed by atoms with Gasteiger partial charge in [0.05, 0.1) is 65.7 Å². The number of amides is 3. The van der Waals surface area contributed by atoms with Crippen LogP contribution >= 0.6 is 0 Å².